The van der Waals surface area contributed by atoms with Gasteiger partial charge < -0.3 is 9.80 Å². The smallest absolute Gasteiger partial charge is 0.133 e. The first kappa shape index (κ1) is 18.2. The van der Waals surface area contributed by atoms with E-state index in [4.69, 9.17) is 5.26 Å². The summed E-state index contributed by atoms with van der Waals surface area (Å²) in [5, 5.41) is 9.04. The number of hydrogen-bond donors (Lipinski definition) is 0. The quantitative estimate of drug-likeness (QED) is 0.709. The molecule has 1 aliphatic rings. The number of fused-ring (bicyclic) bond motifs is 1. The van der Waals surface area contributed by atoms with Crippen molar-refractivity contribution in [3.63, 3.8) is 0 Å². The molecule has 1 aliphatic heterocycles. The first-order valence-corrected chi connectivity index (χ1v) is 9.11. The van der Waals surface area contributed by atoms with Gasteiger partial charge in [0, 0.05) is 35.9 Å². The number of hydrogen-bond acceptors (Lipinski definition) is 4. The molecule has 0 saturated carbocycles. The predicted octanol–water partition coefficient (Wildman–Crippen LogP) is 4.87. The Labute approximate surface area is 162 Å². The number of amidine groups is 1. The highest BCUT2D eigenvalue weighted by atomic mass is 79.9. The maximum Gasteiger partial charge on any atom is 0.133 e. The summed E-state index contributed by atoms with van der Waals surface area (Å²) in [4.78, 5) is 13.3. The highest BCUT2D eigenvalue weighted by Crippen LogP contribution is 2.41. The fourth-order valence-electron chi connectivity index (χ4n) is 3.25. The van der Waals surface area contributed by atoms with E-state index in [-0.39, 0.29) is 5.92 Å². The molecule has 6 heteroatoms. The molecular formula is C20H20BrN5. The predicted molar refractivity (Wildman–Crippen MR) is 110 cm³/mol. The minimum Gasteiger partial charge on any atom is -0.324 e. The van der Waals surface area contributed by atoms with E-state index in [9.17, 15) is 0 Å². The molecule has 132 valence electrons. The average molecular weight is 410 g/mol. The van der Waals surface area contributed by atoms with Crippen LogP contribution >= 0.6 is 15.9 Å². The number of halogens is 1. The van der Waals surface area contributed by atoms with Crippen LogP contribution in [0.4, 0.5) is 17.2 Å². The molecule has 0 saturated heterocycles. The van der Waals surface area contributed by atoms with Crippen molar-refractivity contribution in [1.82, 2.24) is 4.98 Å². The van der Waals surface area contributed by atoms with Gasteiger partial charge in [0.1, 0.15) is 17.7 Å². The average Bonchev–Trinajstić information content (AvgIpc) is 2.76. The molecule has 1 aromatic carbocycles. The minimum absolute atomic E-state index is 0.167. The fourth-order valence-corrected chi connectivity index (χ4v) is 3.60. The number of benzene rings is 1. The lowest BCUT2D eigenvalue weighted by Gasteiger charge is -2.28. The van der Waals surface area contributed by atoms with E-state index in [1.807, 2.05) is 26.1 Å². The number of anilines is 3. The van der Waals surface area contributed by atoms with Crippen LogP contribution in [0.25, 0.3) is 0 Å². The maximum atomic E-state index is 9.04. The van der Waals surface area contributed by atoms with Gasteiger partial charge in [0.15, 0.2) is 0 Å². The Morgan fingerprint density at radius 1 is 1.35 bits per heavy atom. The van der Waals surface area contributed by atoms with Crippen LogP contribution in [-0.2, 0) is 0 Å². The maximum absolute atomic E-state index is 9.04. The van der Waals surface area contributed by atoms with E-state index in [1.165, 1.54) is 0 Å². The molecule has 0 radical (unpaired) electrons. The molecular weight excluding hydrogens is 390 g/mol. The Morgan fingerprint density at radius 2 is 2.12 bits per heavy atom. The Balaban J connectivity index is 2.22. The molecule has 26 heavy (non-hydrogen) atoms. The van der Waals surface area contributed by atoms with Crippen molar-refractivity contribution in [2.75, 3.05) is 23.4 Å². The van der Waals surface area contributed by atoms with Gasteiger partial charge in [-0.1, -0.05) is 29.4 Å². The monoisotopic (exact) mass is 409 g/mol. The molecule has 1 aromatic heterocycles. The van der Waals surface area contributed by atoms with Crippen molar-refractivity contribution >= 4 is 39.0 Å². The standard InChI is InChI=1S/C20H20BrN5/c1-13(2)26-17-7-6-16(21)9-18(17)25(12-14(3)20(26)23-4)19-8-5-15(10-22)11-24-19/h5-9,11,14H,1,12H2,2-4H3. The Hall–Kier alpha value is -2.65. The van der Waals surface area contributed by atoms with Gasteiger partial charge in [-0.25, -0.2) is 4.98 Å². The van der Waals surface area contributed by atoms with Crippen LogP contribution in [0.2, 0.25) is 0 Å². The van der Waals surface area contributed by atoms with Gasteiger partial charge in [-0.05, 0) is 37.3 Å². The van der Waals surface area contributed by atoms with Crippen LogP contribution in [0.1, 0.15) is 19.4 Å². The third-order valence-corrected chi connectivity index (χ3v) is 4.85. The van der Waals surface area contributed by atoms with Gasteiger partial charge in [0.25, 0.3) is 0 Å². The summed E-state index contributed by atoms with van der Waals surface area (Å²) in [6.07, 6.45) is 1.61. The number of pyridine rings is 1. The summed E-state index contributed by atoms with van der Waals surface area (Å²) < 4.78 is 0.987. The molecule has 0 fully saturated rings. The van der Waals surface area contributed by atoms with Crippen molar-refractivity contribution in [2.24, 2.45) is 10.9 Å². The lowest BCUT2D eigenvalue weighted by atomic mass is 10.1. The highest BCUT2D eigenvalue weighted by molar-refractivity contribution is 9.10. The normalized spacial score (nSPS) is 18.3. The Kier molecular flexibility index (Phi) is 5.10. The zero-order chi connectivity index (χ0) is 18.8. The summed E-state index contributed by atoms with van der Waals surface area (Å²) in [5.41, 5.74) is 3.49. The van der Waals surface area contributed by atoms with Gasteiger partial charge in [-0.15, -0.1) is 0 Å². The van der Waals surface area contributed by atoms with Gasteiger partial charge >= 0.3 is 0 Å². The van der Waals surface area contributed by atoms with E-state index in [0.717, 1.165) is 39.7 Å². The van der Waals surface area contributed by atoms with Gasteiger partial charge in [0.05, 0.1) is 16.9 Å². The number of allylic oxidation sites excluding steroid dienone is 1. The van der Waals surface area contributed by atoms with E-state index in [2.05, 4.69) is 67.4 Å². The molecule has 0 N–H and O–H groups in total. The lowest BCUT2D eigenvalue weighted by Crippen LogP contribution is -2.35. The molecule has 0 amide bonds. The minimum atomic E-state index is 0.167. The molecule has 2 aromatic rings. The number of nitriles is 1. The summed E-state index contributed by atoms with van der Waals surface area (Å²) >= 11 is 3.58. The first-order chi connectivity index (χ1) is 12.5. The van der Waals surface area contributed by atoms with Crippen molar-refractivity contribution < 1.29 is 0 Å². The zero-order valence-corrected chi connectivity index (χ0v) is 16.7. The fraction of sp³-hybridized carbons (Fsp3) is 0.250. The largest absolute Gasteiger partial charge is 0.324 e. The molecule has 1 atom stereocenters. The van der Waals surface area contributed by atoms with E-state index in [1.54, 1.807) is 12.3 Å². The number of aliphatic imine (C=N–C) groups is 1. The topological polar surface area (TPSA) is 55.5 Å². The molecule has 3 rings (SSSR count). The summed E-state index contributed by atoms with van der Waals surface area (Å²) in [6.45, 7) is 9.01. The number of nitrogens with zero attached hydrogens (tertiary/aromatic N) is 5. The van der Waals surface area contributed by atoms with Gasteiger partial charge in [-0.3, -0.25) is 4.99 Å². The summed E-state index contributed by atoms with van der Waals surface area (Å²) in [6, 6.07) is 12.0. The Bertz CT molecular complexity index is 911. The second kappa shape index (κ2) is 7.30. The van der Waals surface area contributed by atoms with Gasteiger partial charge in [0.2, 0.25) is 0 Å². The molecule has 0 spiro atoms. The third-order valence-electron chi connectivity index (χ3n) is 4.36. The molecule has 0 bridgehead atoms. The zero-order valence-electron chi connectivity index (χ0n) is 15.1. The van der Waals surface area contributed by atoms with Crippen LogP contribution in [0.5, 0.6) is 0 Å². The van der Waals surface area contributed by atoms with E-state index < -0.39 is 0 Å². The second-order valence-corrected chi connectivity index (χ2v) is 7.23. The van der Waals surface area contributed by atoms with Gasteiger partial charge in [-0.2, -0.15) is 5.26 Å². The summed E-state index contributed by atoms with van der Waals surface area (Å²) in [5.74, 6) is 1.94. The molecule has 2 heterocycles. The van der Waals surface area contributed by atoms with Crippen molar-refractivity contribution in [2.45, 2.75) is 13.8 Å². The van der Waals surface area contributed by atoms with Crippen molar-refractivity contribution in [3.05, 3.63) is 58.8 Å². The molecule has 1 unspecified atom stereocenters. The third kappa shape index (κ3) is 3.23. The van der Waals surface area contributed by atoms with E-state index in [0.29, 0.717) is 5.56 Å². The second-order valence-electron chi connectivity index (χ2n) is 6.31. The number of aromatic nitrogens is 1. The Morgan fingerprint density at radius 3 is 2.69 bits per heavy atom. The first-order valence-electron chi connectivity index (χ1n) is 8.31. The highest BCUT2D eigenvalue weighted by Gasteiger charge is 2.31. The van der Waals surface area contributed by atoms with Crippen molar-refractivity contribution in [3.8, 4) is 6.07 Å². The summed E-state index contributed by atoms with van der Waals surface area (Å²) in [7, 11) is 1.82. The van der Waals surface area contributed by atoms with Crippen LogP contribution in [0, 0.1) is 17.2 Å². The van der Waals surface area contributed by atoms with Crippen LogP contribution < -0.4 is 9.80 Å². The van der Waals surface area contributed by atoms with E-state index >= 15 is 0 Å². The molecule has 0 aliphatic carbocycles. The number of rotatable bonds is 2. The van der Waals surface area contributed by atoms with Crippen LogP contribution in [0.15, 0.2) is 58.3 Å². The molecule has 5 nitrogen and oxygen atoms in total. The van der Waals surface area contributed by atoms with Crippen molar-refractivity contribution in [1.29, 1.82) is 5.26 Å². The van der Waals surface area contributed by atoms with Crippen LogP contribution in [0.3, 0.4) is 0 Å². The lowest BCUT2D eigenvalue weighted by molar-refractivity contribution is 0.751. The van der Waals surface area contributed by atoms with Crippen LogP contribution in [-0.4, -0.2) is 24.4 Å². The SMILES string of the molecule is C=C(C)N1C(=NC)C(C)CN(c2ccc(C#N)cn2)c2cc(Br)ccc21.